The number of hydrogen-bond donors (Lipinski definition) is 2. The van der Waals surface area contributed by atoms with Gasteiger partial charge in [0.2, 0.25) is 0 Å². The molecule has 1 aromatic rings. The van der Waals surface area contributed by atoms with Crippen LogP contribution in [-0.4, -0.2) is 41.3 Å². The molecule has 0 saturated carbocycles. The lowest BCUT2D eigenvalue weighted by Gasteiger charge is -2.48. The molecule has 0 spiro atoms. The third-order valence-corrected chi connectivity index (χ3v) is 4.83. The predicted molar refractivity (Wildman–Crippen MR) is 84.1 cm³/mol. The number of nitrogens with one attached hydrogen (secondary N) is 1. The summed E-state index contributed by atoms with van der Waals surface area (Å²) in [6.45, 7) is 7.18. The van der Waals surface area contributed by atoms with Crippen LogP contribution in [-0.2, 0) is 6.42 Å². The van der Waals surface area contributed by atoms with E-state index in [4.69, 9.17) is 0 Å². The topological polar surface area (TPSA) is 52.6 Å². The fourth-order valence-electron chi connectivity index (χ4n) is 2.71. The molecule has 0 radical (unpaired) electrons. The quantitative estimate of drug-likeness (QED) is 0.901. The molecule has 1 aliphatic heterocycles. The molecule has 1 atom stereocenters. The van der Waals surface area contributed by atoms with E-state index in [-0.39, 0.29) is 17.3 Å². The van der Waals surface area contributed by atoms with Crippen LogP contribution in [0.2, 0.25) is 0 Å². The summed E-state index contributed by atoms with van der Waals surface area (Å²) in [6, 6.07) is 6.43. The Bertz CT molecular complexity index is 543. The summed E-state index contributed by atoms with van der Waals surface area (Å²) in [5.74, 6) is -0.244. The highest BCUT2D eigenvalue weighted by Crippen LogP contribution is 2.38. The summed E-state index contributed by atoms with van der Waals surface area (Å²) < 4.78 is 13.5. The largest absolute Gasteiger partial charge is 0.389 e. The number of carbonyl (C=O) groups is 1. The maximum atomic E-state index is 13.5. The fourth-order valence-corrected chi connectivity index (χ4v) is 2.71. The lowest BCUT2D eigenvalue weighted by atomic mass is 9.71. The van der Waals surface area contributed by atoms with Crippen molar-refractivity contribution in [3.63, 3.8) is 0 Å². The van der Waals surface area contributed by atoms with Crippen LogP contribution < -0.4 is 5.32 Å². The lowest BCUT2D eigenvalue weighted by Crippen LogP contribution is -2.58. The van der Waals surface area contributed by atoms with Crippen molar-refractivity contribution in [3.8, 4) is 0 Å². The van der Waals surface area contributed by atoms with Gasteiger partial charge in [0, 0.05) is 25.0 Å². The number of carbonyl (C=O) groups excluding carboxylic acids is 1. The number of benzene rings is 1. The minimum atomic E-state index is -0.767. The summed E-state index contributed by atoms with van der Waals surface area (Å²) in [7, 11) is 0. The van der Waals surface area contributed by atoms with Crippen molar-refractivity contribution in [2.75, 3.05) is 19.6 Å². The number of rotatable bonds is 3. The van der Waals surface area contributed by atoms with Crippen LogP contribution in [0.5, 0.6) is 0 Å². The van der Waals surface area contributed by atoms with Crippen LogP contribution in [0, 0.1) is 11.2 Å². The number of hydrogen-bond acceptors (Lipinski definition) is 2. The third kappa shape index (κ3) is 3.58. The molecule has 2 rings (SSSR count). The highest BCUT2D eigenvalue weighted by molar-refractivity contribution is 5.74. The van der Waals surface area contributed by atoms with Crippen LogP contribution in [0.4, 0.5) is 9.18 Å². The van der Waals surface area contributed by atoms with E-state index in [9.17, 15) is 14.3 Å². The monoisotopic (exact) mass is 308 g/mol. The Morgan fingerprint density at radius 3 is 2.68 bits per heavy atom. The standard InChI is InChI=1S/C17H25FN2O2/c1-16(2)12-20(11-9-17(16,3)22)15(21)19-10-8-13-6-4-5-7-14(13)18/h4-7,22H,8-12H2,1-3H3,(H,19,21)/t17-/m0/s1. The second-order valence-electron chi connectivity index (χ2n) is 6.90. The first-order valence-corrected chi connectivity index (χ1v) is 7.71. The van der Waals surface area contributed by atoms with Gasteiger partial charge in [-0.1, -0.05) is 32.0 Å². The zero-order valence-corrected chi connectivity index (χ0v) is 13.5. The van der Waals surface area contributed by atoms with Crippen molar-refractivity contribution in [2.24, 2.45) is 5.41 Å². The zero-order chi connectivity index (χ0) is 16.4. The molecule has 0 bridgehead atoms. The smallest absolute Gasteiger partial charge is 0.317 e. The predicted octanol–water partition coefficient (Wildman–Crippen LogP) is 2.56. The van der Waals surface area contributed by atoms with E-state index in [1.54, 1.807) is 23.1 Å². The Balaban J connectivity index is 1.85. The van der Waals surface area contributed by atoms with E-state index in [1.165, 1.54) is 6.07 Å². The molecule has 122 valence electrons. The first kappa shape index (κ1) is 16.7. The minimum absolute atomic E-state index is 0.153. The molecule has 5 heteroatoms. The molecule has 1 fully saturated rings. The van der Waals surface area contributed by atoms with Gasteiger partial charge in [0.15, 0.2) is 0 Å². The third-order valence-electron chi connectivity index (χ3n) is 4.83. The molecular weight excluding hydrogens is 283 g/mol. The maximum absolute atomic E-state index is 13.5. The average molecular weight is 308 g/mol. The summed E-state index contributed by atoms with van der Waals surface area (Å²) in [5, 5.41) is 13.2. The molecule has 1 aliphatic rings. The number of aliphatic hydroxyl groups is 1. The molecule has 4 nitrogen and oxygen atoms in total. The van der Waals surface area contributed by atoms with Gasteiger partial charge >= 0.3 is 6.03 Å². The van der Waals surface area contributed by atoms with Crippen molar-refractivity contribution < 1.29 is 14.3 Å². The molecule has 1 heterocycles. The van der Waals surface area contributed by atoms with E-state index in [1.807, 2.05) is 20.8 Å². The summed E-state index contributed by atoms with van der Waals surface area (Å²) in [5.41, 5.74) is -0.518. The van der Waals surface area contributed by atoms with E-state index in [2.05, 4.69) is 5.32 Å². The fraction of sp³-hybridized carbons (Fsp3) is 0.588. The molecular formula is C17H25FN2O2. The molecule has 2 N–H and O–H groups in total. The minimum Gasteiger partial charge on any atom is -0.389 e. The molecule has 0 unspecified atom stereocenters. The first-order valence-electron chi connectivity index (χ1n) is 7.71. The normalized spacial score (nSPS) is 24.1. The number of likely N-dealkylation sites (tertiary alicyclic amines) is 1. The van der Waals surface area contributed by atoms with Gasteiger partial charge in [-0.15, -0.1) is 0 Å². The summed E-state index contributed by atoms with van der Waals surface area (Å²) >= 11 is 0. The van der Waals surface area contributed by atoms with Crippen LogP contribution in [0.15, 0.2) is 24.3 Å². The molecule has 22 heavy (non-hydrogen) atoms. The van der Waals surface area contributed by atoms with E-state index in [0.29, 0.717) is 38.0 Å². The number of halogens is 1. The second kappa shape index (κ2) is 6.24. The molecule has 1 aromatic carbocycles. The maximum Gasteiger partial charge on any atom is 0.317 e. The Labute approximate surface area is 131 Å². The van der Waals surface area contributed by atoms with E-state index in [0.717, 1.165) is 0 Å². The Hall–Kier alpha value is -1.62. The summed E-state index contributed by atoms with van der Waals surface area (Å²) in [4.78, 5) is 13.9. The van der Waals surface area contributed by atoms with Gasteiger partial charge in [0.1, 0.15) is 5.82 Å². The summed E-state index contributed by atoms with van der Waals surface area (Å²) in [6.07, 6.45) is 1.02. The van der Waals surface area contributed by atoms with Gasteiger partial charge in [-0.25, -0.2) is 9.18 Å². The van der Waals surface area contributed by atoms with Gasteiger partial charge in [0.05, 0.1) is 5.60 Å². The van der Waals surface area contributed by atoms with Crippen molar-refractivity contribution in [1.82, 2.24) is 10.2 Å². The Kier molecular flexibility index (Phi) is 4.75. The number of urea groups is 1. The van der Waals surface area contributed by atoms with Gasteiger partial charge in [0.25, 0.3) is 0 Å². The van der Waals surface area contributed by atoms with Crippen LogP contribution in [0.3, 0.4) is 0 Å². The molecule has 2 amide bonds. The van der Waals surface area contributed by atoms with E-state index >= 15 is 0 Å². The van der Waals surface area contributed by atoms with Crippen molar-refractivity contribution >= 4 is 6.03 Å². The average Bonchev–Trinajstić information content (AvgIpc) is 2.44. The van der Waals surface area contributed by atoms with Crippen LogP contribution >= 0.6 is 0 Å². The Morgan fingerprint density at radius 1 is 1.36 bits per heavy atom. The number of piperidine rings is 1. The van der Waals surface area contributed by atoms with Crippen molar-refractivity contribution in [2.45, 2.75) is 39.2 Å². The second-order valence-corrected chi connectivity index (χ2v) is 6.90. The van der Waals surface area contributed by atoms with Crippen molar-refractivity contribution in [1.29, 1.82) is 0 Å². The Morgan fingerprint density at radius 2 is 2.05 bits per heavy atom. The van der Waals surface area contributed by atoms with Crippen LogP contribution in [0.25, 0.3) is 0 Å². The molecule has 0 aliphatic carbocycles. The number of nitrogens with zero attached hydrogens (tertiary/aromatic N) is 1. The highest BCUT2D eigenvalue weighted by Gasteiger charge is 2.45. The van der Waals surface area contributed by atoms with E-state index < -0.39 is 5.60 Å². The van der Waals surface area contributed by atoms with Gasteiger partial charge in [-0.3, -0.25) is 0 Å². The number of amides is 2. The SMILES string of the molecule is CC1(C)CN(C(=O)NCCc2ccccc2F)CC[C@]1(C)O. The first-order chi connectivity index (χ1) is 10.2. The van der Waals surface area contributed by atoms with Crippen LogP contribution in [0.1, 0.15) is 32.8 Å². The van der Waals surface area contributed by atoms with Crippen molar-refractivity contribution in [3.05, 3.63) is 35.6 Å². The van der Waals surface area contributed by atoms with Gasteiger partial charge in [-0.05, 0) is 31.4 Å². The van der Waals surface area contributed by atoms with Gasteiger partial charge < -0.3 is 15.3 Å². The zero-order valence-electron chi connectivity index (χ0n) is 13.5. The molecule has 0 aromatic heterocycles. The highest BCUT2D eigenvalue weighted by atomic mass is 19.1. The molecule has 1 saturated heterocycles. The van der Waals surface area contributed by atoms with Gasteiger partial charge in [-0.2, -0.15) is 0 Å². The lowest BCUT2D eigenvalue weighted by molar-refractivity contribution is -0.0954.